The molecule has 140 valence electrons. The highest BCUT2D eigenvalue weighted by Crippen LogP contribution is 2.33. The molecular weight excluding hydrogens is 361 g/mol. The normalized spacial score (nSPS) is 11.4. The van der Waals surface area contributed by atoms with Crippen LogP contribution in [0.1, 0.15) is 23.4 Å². The van der Waals surface area contributed by atoms with E-state index in [0.717, 1.165) is 6.07 Å². The van der Waals surface area contributed by atoms with E-state index >= 15 is 0 Å². The van der Waals surface area contributed by atoms with Crippen LogP contribution in [0.25, 0.3) is 11.5 Å². The van der Waals surface area contributed by atoms with Crippen molar-refractivity contribution in [3.05, 3.63) is 59.6 Å². The number of aryl methyl sites for hydroxylation is 2. The van der Waals surface area contributed by atoms with Gasteiger partial charge in [-0.25, -0.2) is 0 Å². The number of aromatic nitrogens is 3. The van der Waals surface area contributed by atoms with Gasteiger partial charge in [-0.1, -0.05) is 17.3 Å². The van der Waals surface area contributed by atoms with Crippen molar-refractivity contribution in [2.45, 2.75) is 25.9 Å². The predicted molar refractivity (Wildman–Crippen MR) is 90.7 cm³/mol. The maximum Gasteiger partial charge on any atom is 0.416 e. The molecule has 6 nitrogen and oxygen atoms in total. The summed E-state index contributed by atoms with van der Waals surface area (Å²) in [6.45, 7) is 1.36. The largest absolute Gasteiger partial charge is 0.416 e. The molecule has 2 heterocycles. The Balaban J connectivity index is 1.60. The van der Waals surface area contributed by atoms with Crippen LogP contribution in [0.5, 0.6) is 0 Å². The SMILES string of the molecule is Cc1ccc(NC(=O)CCc2nc(-c3ccccn3)no2)cc1C(F)(F)F. The molecular formula is C18H15F3N4O2. The van der Waals surface area contributed by atoms with Gasteiger partial charge in [-0.2, -0.15) is 18.2 Å². The molecule has 1 aromatic carbocycles. The van der Waals surface area contributed by atoms with Crippen LogP contribution in [-0.2, 0) is 17.4 Å². The van der Waals surface area contributed by atoms with Crippen LogP contribution in [0.15, 0.2) is 47.1 Å². The lowest BCUT2D eigenvalue weighted by Crippen LogP contribution is -2.14. The standard InChI is InChI=1S/C18H15F3N4O2/c1-11-5-6-12(10-13(11)18(19,20)21)23-15(26)7-8-16-24-17(25-27-16)14-4-2-3-9-22-14/h2-6,9-10H,7-8H2,1H3,(H,23,26). The van der Waals surface area contributed by atoms with Crippen molar-refractivity contribution in [2.75, 3.05) is 5.32 Å². The molecule has 27 heavy (non-hydrogen) atoms. The van der Waals surface area contributed by atoms with Crippen molar-refractivity contribution < 1.29 is 22.5 Å². The summed E-state index contributed by atoms with van der Waals surface area (Å²) >= 11 is 0. The smallest absolute Gasteiger partial charge is 0.339 e. The van der Waals surface area contributed by atoms with Gasteiger partial charge in [-0.05, 0) is 36.8 Å². The lowest BCUT2D eigenvalue weighted by Gasteiger charge is -2.12. The molecule has 0 saturated heterocycles. The number of rotatable bonds is 5. The number of carbonyl (C=O) groups excluding carboxylic acids is 1. The molecule has 0 bridgehead atoms. The third-order valence-electron chi connectivity index (χ3n) is 3.75. The van der Waals surface area contributed by atoms with Gasteiger partial charge in [0.05, 0.1) is 5.56 Å². The molecule has 0 spiro atoms. The molecule has 1 amide bonds. The van der Waals surface area contributed by atoms with Crippen molar-refractivity contribution in [2.24, 2.45) is 0 Å². The van der Waals surface area contributed by atoms with E-state index in [4.69, 9.17) is 4.52 Å². The van der Waals surface area contributed by atoms with E-state index in [2.05, 4.69) is 20.4 Å². The average molecular weight is 376 g/mol. The first-order valence-corrected chi connectivity index (χ1v) is 8.04. The van der Waals surface area contributed by atoms with Crippen LogP contribution in [0.3, 0.4) is 0 Å². The topological polar surface area (TPSA) is 80.9 Å². The Hall–Kier alpha value is -3.23. The molecule has 0 unspecified atom stereocenters. The summed E-state index contributed by atoms with van der Waals surface area (Å²) in [6, 6.07) is 8.91. The summed E-state index contributed by atoms with van der Waals surface area (Å²) in [5, 5.41) is 6.24. The van der Waals surface area contributed by atoms with Crippen LogP contribution in [0, 0.1) is 6.92 Å². The van der Waals surface area contributed by atoms with Crippen LogP contribution in [0.4, 0.5) is 18.9 Å². The summed E-state index contributed by atoms with van der Waals surface area (Å²) < 4.78 is 43.9. The number of nitrogens with zero attached hydrogens (tertiary/aromatic N) is 3. The minimum absolute atomic E-state index is 0.0148. The maximum atomic E-state index is 12.9. The van der Waals surface area contributed by atoms with Crippen molar-refractivity contribution in [3.63, 3.8) is 0 Å². The maximum absolute atomic E-state index is 12.9. The lowest BCUT2D eigenvalue weighted by atomic mass is 10.1. The number of nitrogens with one attached hydrogen (secondary N) is 1. The van der Waals surface area contributed by atoms with Crippen molar-refractivity contribution in [1.82, 2.24) is 15.1 Å². The van der Waals surface area contributed by atoms with Crippen molar-refractivity contribution >= 4 is 11.6 Å². The molecule has 0 saturated carbocycles. The molecule has 0 aliphatic heterocycles. The highest BCUT2D eigenvalue weighted by atomic mass is 19.4. The number of pyridine rings is 1. The summed E-state index contributed by atoms with van der Waals surface area (Å²) in [7, 11) is 0. The van der Waals surface area contributed by atoms with Crippen LogP contribution >= 0.6 is 0 Å². The number of amides is 1. The van der Waals surface area contributed by atoms with Crippen LogP contribution in [-0.4, -0.2) is 21.0 Å². The second kappa shape index (κ2) is 7.56. The van der Waals surface area contributed by atoms with Gasteiger partial charge in [-0.3, -0.25) is 9.78 Å². The zero-order chi connectivity index (χ0) is 19.4. The number of benzene rings is 1. The fraction of sp³-hybridized carbons (Fsp3) is 0.222. The van der Waals surface area contributed by atoms with E-state index in [1.165, 1.54) is 19.1 Å². The van der Waals surface area contributed by atoms with E-state index < -0.39 is 17.6 Å². The molecule has 9 heteroatoms. The minimum Gasteiger partial charge on any atom is -0.339 e. The molecule has 0 radical (unpaired) electrons. The number of anilines is 1. The molecule has 2 aromatic heterocycles. The second-order valence-electron chi connectivity index (χ2n) is 5.80. The van der Waals surface area contributed by atoms with E-state index in [1.54, 1.807) is 24.4 Å². The van der Waals surface area contributed by atoms with E-state index in [9.17, 15) is 18.0 Å². The van der Waals surface area contributed by atoms with Crippen LogP contribution < -0.4 is 5.32 Å². The Kier molecular flexibility index (Phi) is 5.20. The zero-order valence-corrected chi connectivity index (χ0v) is 14.2. The molecule has 0 atom stereocenters. The Morgan fingerprint density at radius 1 is 1.22 bits per heavy atom. The average Bonchev–Trinajstić information content (AvgIpc) is 3.10. The van der Waals surface area contributed by atoms with Gasteiger partial charge in [0.25, 0.3) is 0 Å². The van der Waals surface area contributed by atoms with Gasteiger partial charge in [0.15, 0.2) is 0 Å². The fourth-order valence-electron chi connectivity index (χ4n) is 2.40. The van der Waals surface area contributed by atoms with Gasteiger partial charge in [0, 0.05) is 24.7 Å². The minimum atomic E-state index is -4.48. The van der Waals surface area contributed by atoms with Gasteiger partial charge in [0.1, 0.15) is 5.69 Å². The van der Waals surface area contributed by atoms with Crippen molar-refractivity contribution in [1.29, 1.82) is 0 Å². The Labute approximate surface area is 152 Å². The summed E-state index contributed by atoms with van der Waals surface area (Å²) in [6.07, 6.45) is -2.74. The summed E-state index contributed by atoms with van der Waals surface area (Å²) in [5.41, 5.74) is -0.0699. The van der Waals surface area contributed by atoms with Gasteiger partial charge < -0.3 is 9.84 Å². The quantitative estimate of drug-likeness (QED) is 0.727. The van der Waals surface area contributed by atoms with Crippen LogP contribution in [0.2, 0.25) is 0 Å². The predicted octanol–water partition coefficient (Wildman–Crippen LogP) is 4.03. The molecule has 0 aliphatic carbocycles. The number of hydrogen-bond donors (Lipinski definition) is 1. The number of hydrogen-bond acceptors (Lipinski definition) is 5. The summed E-state index contributed by atoms with van der Waals surface area (Å²) in [4.78, 5) is 20.3. The molecule has 3 aromatic rings. The first-order chi connectivity index (χ1) is 12.8. The zero-order valence-electron chi connectivity index (χ0n) is 14.2. The van der Waals surface area contributed by atoms with Gasteiger partial charge in [0.2, 0.25) is 17.6 Å². The summed E-state index contributed by atoms with van der Waals surface area (Å²) in [5.74, 6) is 0.0922. The Morgan fingerprint density at radius 3 is 2.74 bits per heavy atom. The third-order valence-corrected chi connectivity index (χ3v) is 3.75. The molecule has 3 rings (SSSR count). The third kappa shape index (κ3) is 4.69. The first-order valence-electron chi connectivity index (χ1n) is 8.04. The van der Waals surface area contributed by atoms with E-state index in [-0.39, 0.29) is 30.0 Å². The number of halogens is 3. The lowest BCUT2D eigenvalue weighted by molar-refractivity contribution is -0.138. The number of carbonyl (C=O) groups is 1. The van der Waals surface area contributed by atoms with Gasteiger partial charge in [-0.15, -0.1) is 0 Å². The van der Waals surface area contributed by atoms with Crippen molar-refractivity contribution in [3.8, 4) is 11.5 Å². The fourth-order valence-corrected chi connectivity index (χ4v) is 2.40. The molecule has 0 aliphatic rings. The van der Waals surface area contributed by atoms with Gasteiger partial charge >= 0.3 is 6.18 Å². The first kappa shape index (κ1) is 18.6. The second-order valence-corrected chi connectivity index (χ2v) is 5.80. The monoisotopic (exact) mass is 376 g/mol. The molecule has 0 fully saturated rings. The van der Waals surface area contributed by atoms with E-state index in [0.29, 0.717) is 11.5 Å². The Morgan fingerprint density at radius 2 is 2.04 bits per heavy atom. The highest BCUT2D eigenvalue weighted by molar-refractivity contribution is 5.90. The Bertz CT molecular complexity index is 939. The molecule has 1 N–H and O–H groups in total. The highest BCUT2D eigenvalue weighted by Gasteiger charge is 2.32. The van der Waals surface area contributed by atoms with E-state index in [1.807, 2.05) is 0 Å². The number of alkyl halides is 3.